The summed E-state index contributed by atoms with van der Waals surface area (Å²) in [4.78, 5) is 22.7. The lowest BCUT2D eigenvalue weighted by molar-refractivity contribution is -0.385. The number of amides is 1. The van der Waals surface area contributed by atoms with Crippen molar-refractivity contribution in [2.45, 2.75) is 6.92 Å². The molecule has 0 aromatic heterocycles. The minimum atomic E-state index is -0.552. The number of para-hydroxylation sites is 1. The summed E-state index contributed by atoms with van der Waals surface area (Å²) in [5, 5.41) is 13.7. The Hall–Kier alpha value is -2.89. The number of carbonyl (C=O) groups is 1. The molecule has 6 heteroatoms. The predicted molar refractivity (Wildman–Crippen MR) is 76.6 cm³/mol. The highest BCUT2D eigenvalue weighted by Gasteiger charge is 2.22. The zero-order valence-electron chi connectivity index (χ0n) is 10.8. The molecule has 3 N–H and O–H groups in total. The SMILES string of the molecule is Cc1cccc(C(=O)Nc2cccc(N)c2)c1[N+](=O)[O-]. The average molecular weight is 271 g/mol. The van der Waals surface area contributed by atoms with Gasteiger partial charge in [-0.15, -0.1) is 0 Å². The monoisotopic (exact) mass is 271 g/mol. The van der Waals surface area contributed by atoms with Crippen molar-refractivity contribution in [1.29, 1.82) is 0 Å². The van der Waals surface area contributed by atoms with Crippen LogP contribution in [0.4, 0.5) is 17.1 Å². The second-order valence-corrected chi connectivity index (χ2v) is 4.31. The van der Waals surface area contributed by atoms with Crippen molar-refractivity contribution in [3.8, 4) is 0 Å². The van der Waals surface area contributed by atoms with E-state index in [0.717, 1.165) is 0 Å². The maximum atomic E-state index is 12.1. The van der Waals surface area contributed by atoms with Crippen LogP contribution in [0.15, 0.2) is 42.5 Å². The second-order valence-electron chi connectivity index (χ2n) is 4.31. The zero-order valence-corrected chi connectivity index (χ0v) is 10.8. The van der Waals surface area contributed by atoms with Crippen LogP contribution in [0.2, 0.25) is 0 Å². The molecule has 0 unspecified atom stereocenters. The Morgan fingerprint density at radius 3 is 2.60 bits per heavy atom. The number of benzene rings is 2. The maximum Gasteiger partial charge on any atom is 0.285 e. The molecule has 0 spiro atoms. The van der Waals surface area contributed by atoms with E-state index in [4.69, 9.17) is 5.73 Å². The Labute approximate surface area is 115 Å². The fourth-order valence-electron chi connectivity index (χ4n) is 1.90. The van der Waals surface area contributed by atoms with E-state index in [1.807, 2.05) is 0 Å². The van der Waals surface area contributed by atoms with Gasteiger partial charge in [0.05, 0.1) is 4.92 Å². The van der Waals surface area contributed by atoms with E-state index in [9.17, 15) is 14.9 Å². The molecule has 2 aromatic carbocycles. The van der Waals surface area contributed by atoms with Crippen molar-refractivity contribution in [3.63, 3.8) is 0 Å². The first kappa shape index (κ1) is 13.5. The Morgan fingerprint density at radius 1 is 1.25 bits per heavy atom. The van der Waals surface area contributed by atoms with Gasteiger partial charge in [-0.05, 0) is 31.2 Å². The van der Waals surface area contributed by atoms with E-state index < -0.39 is 10.8 Å². The average Bonchev–Trinajstić information content (AvgIpc) is 2.37. The molecule has 2 aromatic rings. The number of nitro groups is 1. The molecule has 0 aliphatic carbocycles. The normalized spacial score (nSPS) is 10.1. The third-order valence-corrected chi connectivity index (χ3v) is 2.81. The summed E-state index contributed by atoms with van der Waals surface area (Å²) in [6.07, 6.45) is 0. The van der Waals surface area contributed by atoms with Crippen LogP contribution >= 0.6 is 0 Å². The van der Waals surface area contributed by atoms with Crippen LogP contribution < -0.4 is 11.1 Å². The van der Waals surface area contributed by atoms with Crippen molar-refractivity contribution in [2.24, 2.45) is 0 Å². The number of hydrogen-bond acceptors (Lipinski definition) is 4. The van der Waals surface area contributed by atoms with Crippen LogP contribution in [0.5, 0.6) is 0 Å². The van der Waals surface area contributed by atoms with Gasteiger partial charge in [0.2, 0.25) is 0 Å². The molecule has 2 rings (SSSR count). The molecule has 0 saturated heterocycles. The van der Waals surface area contributed by atoms with Crippen molar-refractivity contribution in [1.82, 2.24) is 0 Å². The number of hydrogen-bond donors (Lipinski definition) is 2. The van der Waals surface area contributed by atoms with Crippen LogP contribution in [0.25, 0.3) is 0 Å². The summed E-state index contributed by atoms with van der Waals surface area (Å²) in [5.41, 5.74) is 6.89. The third kappa shape index (κ3) is 2.74. The molecule has 0 bridgehead atoms. The summed E-state index contributed by atoms with van der Waals surface area (Å²) in [6, 6.07) is 11.2. The van der Waals surface area contributed by atoms with E-state index in [1.54, 1.807) is 43.3 Å². The van der Waals surface area contributed by atoms with Gasteiger partial charge in [-0.1, -0.05) is 18.2 Å². The van der Waals surface area contributed by atoms with Gasteiger partial charge in [-0.25, -0.2) is 0 Å². The van der Waals surface area contributed by atoms with Gasteiger partial charge in [-0.2, -0.15) is 0 Å². The molecule has 0 atom stereocenters. The van der Waals surface area contributed by atoms with Gasteiger partial charge in [0, 0.05) is 16.9 Å². The first-order chi connectivity index (χ1) is 9.49. The summed E-state index contributed by atoms with van der Waals surface area (Å²) in [7, 11) is 0. The lowest BCUT2D eigenvalue weighted by Crippen LogP contribution is -2.14. The molecule has 0 aliphatic rings. The van der Waals surface area contributed by atoms with Crippen molar-refractivity contribution >= 4 is 23.0 Å². The Kier molecular flexibility index (Phi) is 3.65. The number of nitrogens with one attached hydrogen (secondary N) is 1. The quantitative estimate of drug-likeness (QED) is 0.509. The van der Waals surface area contributed by atoms with Crippen molar-refractivity contribution in [3.05, 3.63) is 63.7 Å². The third-order valence-electron chi connectivity index (χ3n) is 2.81. The number of nitrogens with zero attached hydrogens (tertiary/aromatic N) is 1. The van der Waals surface area contributed by atoms with Gasteiger partial charge in [0.1, 0.15) is 5.56 Å². The highest BCUT2D eigenvalue weighted by molar-refractivity contribution is 6.07. The largest absolute Gasteiger partial charge is 0.399 e. The van der Waals surface area contributed by atoms with Crippen LogP contribution in [-0.4, -0.2) is 10.8 Å². The zero-order chi connectivity index (χ0) is 14.7. The maximum absolute atomic E-state index is 12.1. The van der Waals surface area contributed by atoms with Gasteiger partial charge >= 0.3 is 0 Å². The standard InChI is InChI=1S/C14H13N3O3/c1-9-4-2-7-12(13(9)17(19)20)14(18)16-11-6-3-5-10(15)8-11/h2-8H,15H2,1H3,(H,16,18). The van der Waals surface area contributed by atoms with Crippen LogP contribution in [0.3, 0.4) is 0 Å². The second kappa shape index (κ2) is 5.40. The summed E-state index contributed by atoms with van der Waals surface area (Å²) >= 11 is 0. The van der Waals surface area contributed by atoms with E-state index in [2.05, 4.69) is 5.32 Å². The van der Waals surface area contributed by atoms with Crippen LogP contribution in [-0.2, 0) is 0 Å². The number of aryl methyl sites for hydroxylation is 1. The molecule has 0 aliphatic heterocycles. The number of rotatable bonds is 3. The number of nitrogens with two attached hydrogens (primary N) is 1. The van der Waals surface area contributed by atoms with E-state index >= 15 is 0 Å². The van der Waals surface area contributed by atoms with Gasteiger partial charge in [0.15, 0.2) is 0 Å². The van der Waals surface area contributed by atoms with Gasteiger partial charge < -0.3 is 11.1 Å². The Balaban J connectivity index is 2.35. The first-order valence-corrected chi connectivity index (χ1v) is 5.90. The molecule has 0 radical (unpaired) electrons. The molecule has 20 heavy (non-hydrogen) atoms. The lowest BCUT2D eigenvalue weighted by atomic mass is 10.1. The fraction of sp³-hybridized carbons (Fsp3) is 0.0714. The van der Waals surface area contributed by atoms with Gasteiger partial charge in [0.25, 0.3) is 11.6 Å². The smallest absolute Gasteiger partial charge is 0.285 e. The minimum Gasteiger partial charge on any atom is -0.399 e. The van der Waals surface area contributed by atoms with Crippen LogP contribution in [0, 0.1) is 17.0 Å². The number of anilines is 2. The van der Waals surface area contributed by atoms with Crippen molar-refractivity contribution < 1.29 is 9.72 Å². The summed E-state index contributed by atoms with van der Waals surface area (Å²) in [6.45, 7) is 1.59. The highest BCUT2D eigenvalue weighted by atomic mass is 16.6. The van der Waals surface area contributed by atoms with Crippen molar-refractivity contribution in [2.75, 3.05) is 11.1 Å². The van der Waals surface area contributed by atoms with Gasteiger partial charge in [-0.3, -0.25) is 14.9 Å². The molecule has 0 saturated carbocycles. The highest BCUT2D eigenvalue weighted by Crippen LogP contribution is 2.24. The fourth-order valence-corrected chi connectivity index (χ4v) is 1.90. The number of nitro benzene ring substituents is 1. The topological polar surface area (TPSA) is 98.3 Å². The summed E-state index contributed by atoms with van der Waals surface area (Å²) < 4.78 is 0. The Bertz CT molecular complexity index is 683. The lowest BCUT2D eigenvalue weighted by Gasteiger charge is -2.07. The number of carbonyl (C=O) groups excluding carboxylic acids is 1. The van der Waals surface area contributed by atoms with Crippen LogP contribution in [0.1, 0.15) is 15.9 Å². The van der Waals surface area contributed by atoms with E-state index in [0.29, 0.717) is 16.9 Å². The van der Waals surface area contributed by atoms with E-state index in [1.165, 1.54) is 6.07 Å². The summed E-state index contributed by atoms with van der Waals surface area (Å²) in [5.74, 6) is -0.536. The Morgan fingerprint density at radius 2 is 1.95 bits per heavy atom. The van der Waals surface area contributed by atoms with E-state index in [-0.39, 0.29) is 11.3 Å². The first-order valence-electron chi connectivity index (χ1n) is 5.90. The number of nitrogen functional groups attached to an aromatic ring is 1. The molecule has 1 amide bonds. The predicted octanol–water partition coefficient (Wildman–Crippen LogP) is 2.74. The molecule has 0 heterocycles. The molecular formula is C14H13N3O3. The minimum absolute atomic E-state index is 0.0254. The molecular weight excluding hydrogens is 258 g/mol. The molecule has 102 valence electrons. The molecule has 6 nitrogen and oxygen atoms in total. The molecule has 0 fully saturated rings.